The molecular formula is C22H28N5O9P. The maximum absolute atomic E-state index is 13.6. The van der Waals surface area contributed by atoms with Crippen molar-refractivity contribution in [3.63, 3.8) is 0 Å². The Labute approximate surface area is 210 Å². The second-order valence-electron chi connectivity index (χ2n) is 8.68. The number of nitrogens with two attached hydrogens (primary N) is 1. The Morgan fingerprint density at radius 2 is 2.08 bits per heavy atom. The van der Waals surface area contributed by atoms with Crippen molar-refractivity contribution in [1.82, 2.24) is 19.6 Å². The lowest BCUT2D eigenvalue weighted by Gasteiger charge is -2.27. The number of rotatable bonds is 9. The number of nitrogens with zero attached hydrogens (tertiary/aromatic N) is 2. The first-order chi connectivity index (χ1) is 17.4. The fourth-order valence-corrected chi connectivity index (χ4v) is 5.48. The van der Waals surface area contributed by atoms with Gasteiger partial charge >= 0.3 is 13.7 Å². The Hall–Kier alpha value is -3.26. The molecule has 1 fully saturated rings. The summed E-state index contributed by atoms with van der Waals surface area (Å²) in [6, 6.07) is 8.53. The minimum absolute atomic E-state index is 0.131. The number of methoxy groups -OCH3 is 1. The van der Waals surface area contributed by atoms with E-state index in [1.165, 1.54) is 37.8 Å². The summed E-state index contributed by atoms with van der Waals surface area (Å²) < 4.78 is 36.6. The van der Waals surface area contributed by atoms with E-state index in [4.69, 9.17) is 19.5 Å². The van der Waals surface area contributed by atoms with Crippen LogP contribution in [0.2, 0.25) is 0 Å². The summed E-state index contributed by atoms with van der Waals surface area (Å²) in [5.74, 6) is -0.650. The molecule has 6 atom stereocenters. The van der Waals surface area contributed by atoms with Gasteiger partial charge in [-0.25, -0.2) is 4.57 Å². The van der Waals surface area contributed by atoms with E-state index in [-0.39, 0.29) is 22.7 Å². The van der Waals surface area contributed by atoms with Gasteiger partial charge in [-0.2, -0.15) is 10.1 Å². The fraction of sp³-hybridized carbons (Fsp3) is 0.409. The number of nitrogens with one attached hydrogen (secondary N) is 2. The number of aliphatic hydroxyl groups excluding tert-OH is 1. The average molecular weight is 537 g/mol. The zero-order valence-corrected chi connectivity index (χ0v) is 21.1. The second kappa shape index (κ2) is 10.2. The van der Waals surface area contributed by atoms with Crippen LogP contribution >= 0.6 is 7.75 Å². The van der Waals surface area contributed by atoms with Gasteiger partial charge in [0.15, 0.2) is 11.9 Å². The summed E-state index contributed by atoms with van der Waals surface area (Å²) in [7, 11) is -3.04. The molecule has 6 N–H and O–H groups in total. The highest BCUT2D eigenvalue weighted by atomic mass is 31.2. The van der Waals surface area contributed by atoms with E-state index in [0.717, 1.165) is 0 Å². The summed E-state index contributed by atoms with van der Waals surface area (Å²) in [5.41, 5.74) is 3.44. The van der Waals surface area contributed by atoms with Crippen molar-refractivity contribution in [2.75, 3.05) is 19.5 Å². The van der Waals surface area contributed by atoms with Crippen molar-refractivity contribution in [3.8, 4) is 5.75 Å². The maximum atomic E-state index is 13.6. The number of hydrogen-bond acceptors (Lipinski definition) is 11. The van der Waals surface area contributed by atoms with Crippen LogP contribution in [0.25, 0.3) is 11.0 Å². The van der Waals surface area contributed by atoms with E-state index < -0.39 is 56.0 Å². The molecule has 0 spiro atoms. The number of carbonyl (C=O) groups is 1. The van der Waals surface area contributed by atoms with Gasteiger partial charge in [0.2, 0.25) is 5.95 Å². The van der Waals surface area contributed by atoms with Crippen LogP contribution in [0.5, 0.6) is 5.75 Å². The normalized spacial score (nSPS) is 26.0. The number of ether oxygens (including phenoxy) is 2. The van der Waals surface area contributed by atoms with Gasteiger partial charge in [-0.05, 0) is 32.0 Å². The number of nitrogen functional groups attached to an aromatic ring is 1. The Balaban J connectivity index is 1.57. The van der Waals surface area contributed by atoms with Crippen molar-refractivity contribution in [2.45, 2.75) is 43.9 Å². The van der Waals surface area contributed by atoms with E-state index >= 15 is 0 Å². The van der Waals surface area contributed by atoms with Gasteiger partial charge in [-0.1, -0.05) is 18.2 Å². The van der Waals surface area contributed by atoms with Gasteiger partial charge in [0, 0.05) is 6.20 Å². The highest BCUT2D eigenvalue weighted by Gasteiger charge is 2.54. The minimum atomic E-state index is -4.22. The van der Waals surface area contributed by atoms with Crippen LogP contribution in [-0.2, 0) is 23.4 Å². The van der Waals surface area contributed by atoms with Crippen LogP contribution in [0.1, 0.15) is 20.1 Å². The number of para-hydroxylation sites is 1. The first-order valence-electron chi connectivity index (χ1n) is 11.2. The van der Waals surface area contributed by atoms with Crippen molar-refractivity contribution >= 4 is 30.7 Å². The topological polar surface area (TPSA) is 200 Å². The van der Waals surface area contributed by atoms with E-state index in [1.54, 1.807) is 30.3 Å². The molecule has 2 aromatic heterocycles. The van der Waals surface area contributed by atoms with Gasteiger partial charge in [0.25, 0.3) is 5.56 Å². The van der Waals surface area contributed by atoms with E-state index in [0.29, 0.717) is 0 Å². The lowest BCUT2D eigenvalue weighted by molar-refractivity contribution is -0.142. The molecule has 200 valence electrons. The molecule has 0 radical (unpaired) electrons. The molecule has 3 heterocycles. The smallest absolute Gasteiger partial charge is 0.459 e. The third-order valence-corrected chi connectivity index (χ3v) is 7.53. The number of carbonyl (C=O) groups excluding carboxylic acids is 1. The summed E-state index contributed by atoms with van der Waals surface area (Å²) in [5, 5.41) is 24.7. The first kappa shape index (κ1) is 26.8. The van der Waals surface area contributed by atoms with Crippen LogP contribution in [0.3, 0.4) is 0 Å². The molecule has 0 aliphatic carbocycles. The van der Waals surface area contributed by atoms with Crippen LogP contribution in [0.15, 0.2) is 47.4 Å². The summed E-state index contributed by atoms with van der Waals surface area (Å²) >= 11 is 0. The van der Waals surface area contributed by atoms with Gasteiger partial charge in [0.1, 0.15) is 29.6 Å². The standard InChI is InChI=1S/C22H28N5O9P/c1-12(19(30)33-3)26-37(32,36-13-7-5-4-6-8-13)34-11-15-16(28)22(2,31)20(35-15)27-10-9-14-17(27)24-21(23)25-18(14)29/h4-10,12,15-16,20,28,31H,11H2,1-3H3,(H,26,32)(H3,23,24,25,29)/t12?,15-,16-,20-,22-,37?/m1/s1. The molecule has 1 saturated heterocycles. The van der Waals surface area contributed by atoms with Gasteiger partial charge in [-0.15, -0.1) is 0 Å². The predicted octanol–water partition coefficient (Wildman–Crippen LogP) is 0.671. The molecular weight excluding hydrogens is 509 g/mol. The second-order valence-corrected chi connectivity index (χ2v) is 10.4. The molecule has 15 heteroatoms. The lowest BCUT2D eigenvalue weighted by Crippen LogP contribution is -2.44. The number of benzene rings is 1. The molecule has 0 amide bonds. The molecule has 3 aromatic rings. The van der Waals surface area contributed by atoms with Crippen molar-refractivity contribution in [2.24, 2.45) is 0 Å². The Kier molecular flexibility index (Phi) is 7.42. The van der Waals surface area contributed by atoms with Crippen molar-refractivity contribution in [3.05, 3.63) is 52.9 Å². The lowest BCUT2D eigenvalue weighted by atomic mass is 9.96. The van der Waals surface area contributed by atoms with Crippen LogP contribution < -0.4 is 20.9 Å². The zero-order chi connectivity index (χ0) is 27.0. The SMILES string of the molecule is COC(=O)C(C)NP(=O)(OC[C@H]1O[C@@H](n2ccc3c(=O)[nH]c(N)nc32)[C@](C)(O)[C@@H]1O)Oc1ccccc1. The minimum Gasteiger partial charge on any atom is -0.468 e. The third kappa shape index (κ3) is 5.39. The zero-order valence-electron chi connectivity index (χ0n) is 20.2. The van der Waals surface area contributed by atoms with Crippen molar-refractivity contribution in [1.29, 1.82) is 0 Å². The third-order valence-electron chi connectivity index (χ3n) is 5.89. The Morgan fingerprint density at radius 3 is 2.76 bits per heavy atom. The monoisotopic (exact) mass is 537 g/mol. The number of hydrogen-bond donors (Lipinski definition) is 5. The summed E-state index contributed by atoms with van der Waals surface area (Å²) in [6.45, 7) is 2.24. The van der Waals surface area contributed by atoms with Crippen LogP contribution in [0, 0.1) is 0 Å². The molecule has 1 aliphatic rings. The number of esters is 1. The number of fused-ring (bicyclic) bond motifs is 1. The van der Waals surface area contributed by atoms with Gasteiger partial charge in [-0.3, -0.25) is 19.1 Å². The Morgan fingerprint density at radius 1 is 1.38 bits per heavy atom. The van der Waals surface area contributed by atoms with Crippen LogP contribution in [-0.4, -0.2) is 68.3 Å². The molecule has 2 unspecified atom stereocenters. The van der Waals surface area contributed by atoms with E-state index in [9.17, 15) is 24.4 Å². The number of anilines is 1. The molecule has 0 saturated carbocycles. The Bertz CT molecular complexity index is 1380. The summed E-state index contributed by atoms with van der Waals surface area (Å²) in [6.07, 6.45) is -2.46. The largest absolute Gasteiger partial charge is 0.468 e. The van der Waals surface area contributed by atoms with Gasteiger partial charge < -0.3 is 34.5 Å². The van der Waals surface area contributed by atoms with E-state index in [1.807, 2.05) is 0 Å². The number of H-pyrrole nitrogens is 1. The number of aliphatic hydroxyl groups is 2. The molecule has 1 aromatic carbocycles. The summed E-state index contributed by atoms with van der Waals surface area (Å²) in [4.78, 5) is 30.6. The molecule has 37 heavy (non-hydrogen) atoms. The number of aromatic amines is 1. The number of aromatic nitrogens is 3. The molecule has 4 rings (SSSR count). The molecule has 1 aliphatic heterocycles. The molecule has 14 nitrogen and oxygen atoms in total. The molecule has 0 bridgehead atoms. The van der Waals surface area contributed by atoms with E-state index in [2.05, 4.69) is 19.8 Å². The van der Waals surface area contributed by atoms with Crippen LogP contribution in [0.4, 0.5) is 5.95 Å². The maximum Gasteiger partial charge on any atom is 0.459 e. The van der Waals surface area contributed by atoms with Crippen molar-refractivity contribution < 1.29 is 38.1 Å². The predicted molar refractivity (Wildman–Crippen MR) is 131 cm³/mol. The quantitative estimate of drug-likeness (QED) is 0.189. The highest BCUT2D eigenvalue weighted by Crippen LogP contribution is 2.47. The van der Waals surface area contributed by atoms with Gasteiger partial charge in [0.05, 0.1) is 19.1 Å². The average Bonchev–Trinajstić information content (AvgIpc) is 3.36. The highest BCUT2D eigenvalue weighted by molar-refractivity contribution is 7.52. The first-order valence-corrected chi connectivity index (χ1v) is 12.8. The fourth-order valence-electron chi connectivity index (χ4n) is 3.98.